The Morgan fingerprint density at radius 2 is 1.82 bits per heavy atom. The van der Waals surface area contributed by atoms with E-state index in [-0.39, 0.29) is 5.78 Å². The molecule has 2 aromatic carbocycles. The predicted octanol–water partition coefficient (Wildman–Crippen LogP) is 4.69. The first kappa shape index (κ1) is 18.4. The molecule has 0 aliphatic heterocycles. The number of thioether (sulfide) groups is 1. The Kier molecular flexibility index (Phi) is 4.96. The molecule has 2 heterocycles. The van der Waals surface area contributed by atoms with Crippen LogP contribution in [0.5, 0.6) is 0 Å². The van der Waals surface area contributed by atoms with E-state index in [4.69, 9.17) is 4.98 Å². The highest BCUT2D eigenvalue weighted by atomic mass is 32.2. The zero-order valence-corrected chi connectivity index (χ0v) is 16.8. The number of fused-ring (bicyclic) bond motifs is 1. The molecule has 0 unspecified atom stereocenters. The lowest BCUT2D eigenvalue weighted by molar-refractivity contribution is -0.114. The summed E-state index contributed by atoms with van der Waals surface area (Å²) in [7, 11) is 1.93. The summed E-state index contributed by atoms with van der Waals surface area (Å²) >= 11 is 1.40. The summed E-state index contributed by atoms with van der Waals surface area (Å²) in [4.78, 5) is 16.2. The molecule has 0 saturated carbocycles. The summed E-state index contributed by atoms with van der Waals surface area (Å²) in [5, 5.41) is 10.5. The Morgan fingerprint density at radius 1 is 1.07 bits per heavy atom. The minimum atomic E-state index is 0.116. The van der Waals surface area contributed by atoms with Crippen molar-refractivity contribution in [1.29, 1.82) is 0 Å². The summed E-state index contributed by atoms with van der Waals surface area (Å²) in [6, 6.07) is 18.5. The van der Waals surface area contributed by atoms with E-state index in [0.717, 1.165) is 38.7 Å². The van der Waals surface area contributed by atoms with Crippen LogP contribution in [0.3, 0.4) is 0 Å². The molecule has 4 rings (SSSR count). The van der Waals surface area contributed by atoms with E-state index in [9.17, 15) is 4.79 Å². The van der Waals surface area contributed by atoms with Crippen molar-refractivity contribution in [3.63, 3.8) is 0 Å². The summed E-state index contributed by atoms with van der Waals surface area (Å²) in [6.45, 7) is 3.65. The number of Topliss-reactive ketones (excluding diaryl/α,β-unsaturated/α-hetero) is 1. The minimum absolute atomic E-state index is 0.116. The molecule has 0 bridgehead atoms. The molecule has 0 aliphatic rings. The van der Waals surface area contributed by atoms with Crippen LogP contribution in [-0.2, 0) is 11.8 Å². The molecule has 0 spiro atoms. The zero-order valence-electron chi connectivity index (χ0n) is 16.0. The number of nitrogens with zero attached hydrogens (tertiary/aromatic N) is 4. The largest absolute Gasteiger partial charge is 0.305 e. The third-order valence-electron chi connectivity index (χ3n) is 4.54. The first-order chi connectivity index (χ1) is 13.5. The maximum Gasteiger partial charge on any atom is 0.191 e. The van der Waals surface area contributed by atoms with Gasteiger partial charge in [-0.15, -0.1) is 10.2 Å². The molecule has 6 heteroatoms. The van der Waals surface area contributed by atoms with Crippen LogP contribution in [0.15, 0.2) is 59.8 Å². The normalized spacial score (nSPS) is 11.1. The lowest BCUT2D eigenvalue weighted by Gasteiger charge is -2.10. The second-order valence-electron chi connectivity index (χ2n) is 6.79. The molecule has 4 aromatic rings. The monoisotopic (exact) mass is 388 g/mol. The molecule has 140 valence electrons. The summed E-state index contributed by atoms with van der Waals surface area (Å²) in [6.07, 6.45) is 0. The highest BCUT2D eigenvalue weighted by Crippen LogP contribution is 2.32. The van der Waals surface area contributed by atoms with Gasteiger partial charge in [-0.1, -0.05) is 59.8 Å². The van der Waals surface area contributed by atoms with Gasteiger partial charge in [0, 0.05) is 23.6 Å². The number of benzene rings is 2. The van der Waals surface area contributed by atoms with Crippen LogP contribution in [0.2, 0.25) is 0 Å². The summed E-state index contributed by atoms with van der Waals surface area (Å²) in [5.41, 5.74) is 5.06. The van der Waals surface area contributed by atoms with Gasteiger partial charge < -0.3 is 4.57 Å². The van der Waals surface area contributed by atoms with Crippen molar-refractivity contribution in [3.05, 3.63) is 60.2 Å². The van der Waals surface area contributed by atoms with Gasteiger partial charge in [0.15, 0.2) is 11.0 Å². The fourth-order valence-electron chi connectivity index (χ4n) is 3.07. The van der Waals surface area contributed by atoms with Gasteiger partial charge in [0.05, 0.1) is 17.0 Å². The first-order valence-electron chi connectivity index (χ1n) is 9.02. The molecule has 0 radical (unpaired) electrons. The van der Waals surface area contributed by atoms with Gasteiger partial charge in [0.2, 0.25) is 0 Å². The van der Waals surface area contributed by atoms with Crippen molar-refractivity contribution >= 4 is 28.4 Å². The van der Waals surface area contributed by atoms with Gasteiger partial charge in [-0.2, -0.15) is 0 Å². The average molecular weight is 388 g/mol. The van der Waals surface area contributed by atoms with Gasteiger partial charge in [0.25, 0.3) is 0 Å². The molecule has 0 atom stereocenters. The van der Waals surface area contributed by atoms with Gasteiger partial charge in [0.1, 0.15) is 5.78 Å². The minimum Gasteiger partial charge on any atom is -0.305 e. The third-order valence-corrected chi connectivity index (χ3v) is 5.71. The molecule has 0 amide bonds. The molecule has 28 heavy (non-hydrogen) atoms. The maximum absolute atomic E-state index is 11.3. The van der Waals surface area contributed by atoms with Crippen LogP contribution in [0.1, 0.15) is 12.5 Å². The Bertz CT molecular complexity index is 1170. The Labute approximate surface area is 167 Å². The number of aromatic nitrogens is 4. The van der Waals surface area contributed by atoms with E-state index in [2.05, 4.69) is 47.5 Å². The Morgan fingerprint density at radius 3 is 2.57 bits per heavy atom. The molecular formula is C22H20N4OS. The summed E-state index contributed by atoms with van der Waals surface area (Å²) < 4.78 is 1.94. The molecule has 2 aromatic heterocycles. The quantitative estimate of drug-likeness (QED) is 0.464. The van der Waals surface area contributed by atoms with Crippen LogP contribution < -0.4 is 0 Å². The smallest absolute Gasteiger partial charge is 0.191 e. The number of carbonyl (C=O) groups excluding carboxylic acids is 1. The van der Waals surface area contributed by atoms with E-state index in [0.29, 0.717) is 5.75 Å². The van der Waals surface area contributed by atoms with Gasteiger partial charge in [-0.25, -0.2) is 4.98 Å². The van der Waals surface area contributed by atoms with Crippen LogP contribution in [0.4, 0.5) is 0 Å². The van der Waals surface area contributed by atoms with E-state index >= 15 is 0 Å². The molecule has 0 aliphatic carbocycles. The van der Waals surface area contributed by atoms with E-state index in [1.807, 2.05) is 35.9 Å². The maximum atomic E-state index is 11.3. The van der Waals surface area contributed by atoms with Crippen molar-refractivity contribution < 1.29 is 4.79 Å². The number of ketones is 1. The highest BCUT2D eigenvalue weighted by Gasteiger charge is 2.16. The Hall–Kier alpha value is -2.99. The van der Waals surface area contributed by atoms with Crippen molar-refractivity contribution in [1.82, 2.24) is 19.7 Å². The second kappa shape index (κ2) is 7.56. The Balaban J connectivity index is 1.86. The van der Waals surface area contributed by atoms with Gasteiger partial charge in [-0.05, 0) is 26.0 Å². The van der Waals surface area contributed by atoms with E-state index in [1.54, 1.807) is 6.92 Å². The number of aryl methyl sites for hydroxylation is 1. The van der Waals surface area contributed by atoms with Gasteiger partial charge in [-0.3, -0.25) is 4.79 Å². The predicted molar refractivity (Wildman–Crippen MR) is 113 cm³/mol. The standard InChI is InChI=1S/C22H20N4OS/c1-14-8-10-16(11-9-14)20-12-18(17-6-4-5-7-19(17)23-20)21-24-25-22(26(21)3)28-13-15(2)27/h4-12H,13H2,1-3H3. The van der Waals surface area contributed by atoms with Crippen LogP contribution >= 0.6 is 11.8 Å². The number of hydrogen-bond donors (Lipinski definition) is 0. The van der Waals surface area contributed by atoms with Crippen molar-refractivity contribution in [2.24, 2.45) is 7.05 Å². The number of carbonyl (C=O) groups is 1. The van der Waals surface area contributed by atoms with Gasteiger partial charge >= 0.3 is 0 Å². The van der Waals surface area contributed by atoms with Crippen LogP contribution in [-0.4, -0.2) is 31.3 Å². The average Bonchev–Trinajstić information content (AvgIpc) is 3.06. The number of pyridine rings is 1. The lowest BCUT2D eigenvalue weighted by atomic mass is 10.0. The zero-order chi connectivity index (χ0) is 19.7. The third kappa shape index (κ3) is 3.55. The molecule has 0 fully saturated rings. The lowest BCUT2D eigenvalue weighted by Crippen LogP contribution is -1.99. The fraction of sp³-hybridized carbons (Fsp3) is 0.182. The second-order valence-corrected chi connectivity index (χ2v) is 7.74. The van der Waals surface area contributed by atoms with Crippen LogP contribution in [0.25, 0.3) is 33.5 Å². The topological polar surface area (TPSA) is 60.7 Å². The van der Waals surface area contributed by atoms with E-state index < -0.39 is 0 Å². The molecule has 0 saturated heterocycles. The van der Waals surface area contributed by atoms with Crippen molar-refractivity contribution in [3.8, 4) is 22.6 Å². The number of rotatable bonds is 5. The molecule has 5 nitrogen and oxygen atoms in total. The van der Waals surface area contributed by atoms with Crippen LogP contribution in [0, 0.1) is 6.92 Å². The highest BCUT2D eigenvalue weighted by molar-refractivity contribution is 7.99. The van der Waals surface area contributed by atoms with E-state index in [1.165, 1.54) is 17.3 Å². The first-order valence-corrected chi connectivity index (χ1v) is 10.0. The number of hydrogen-bond acceptors (Lipinski definition) is 5. The summed E-state index contributed by atoms with van der Waals surface area (Å²) in [5.74, 6) is 1.26. The SMILES string of the molecule is CC(=O)CSc1nnc(-c2cc(-c3ccc(C)cc3)nc3ccccc23)n1C. The molecular weight excluding hydrogens is 368 g/mol. The van der Waals surface area contributed by atoms with Crippen molar-refractivity contribution in [2.75, 3.05) is 5.75 Å². The molecule has 0 N–H and O–H groups in total. The fourth-order valence-corrected chi connectivity index (χ4v) is 3.78. The van der Waals surface area contributed by atoms with Crippen molar-refractivity contribution in [2.45, 2.75) is 19.0 Å². The number of para-hydroxylation sites is 1.